The Morgan fingerprint density at radius 3 is 2.36 bits per heavy atom. The van der Waals surface area contributed by atoms with E-state index >= 15 is 0 Å². The second kappa shape index (κ2) is 11.5. The maximum atomic E-state index is 13.4. The van der Waals surface area contributed by atoms with E-state index in [4.69, 9.17) is 18.9 Å². The number of methoxy groups -OCH3 is 4. The zero-order valence-corrected chi connectivity index (χ0v) is 21.5. The van der Waals surface area contributed by atoms with Gasteiger partial charge in [-0.1, -0.05) is 0 Å². The highest BCUT2D eigenvalue weighted by Crippen LogP contribution is 2.34. The predicted molar refractivity (Wildman–Crippen MR) is 137 cm³/mol. The molecule has 0 aliphatic carbocycles. The molecule has 2 aliphatic heterocycles. The van der Waals surface area contributed by atoms with Gasteiger partial charge in [0.2, 0.25) is 5.91 Å². The number of fused-ring (bicyclic) bond motifs is 1. The Balaban J connectivity index is 1.34. The summed E-state index contributed by atoms with van der Waals surface area (Å²) in [7, 11) is 6.32. The number of hydrogen-bond donors (Lipinski definition) is 1. The Hall–Kier alpha value is -3.46. The molecule has 0 spiro atoms. The van der Waals surface area contributed by atoms with Gasteiger partial charge in [-0.15, -0.1) is 0 Å². The van der Waals surface area contributed by atoms with Crippen LogP contribution in [0, 0.1) is 0 Å². The van der Waals surface area contributed by atoms with Gasteiger partial charge in [0, 0.05) is 49.4 Å². The van der Waals surface area contributed by atoms with Crippen LogP contribution in [0.3, 0.4) is 0 Å². The number of likely N-dealkylation sites (tertiary alicyclic amines) is 1. The summed E-state index contributed by atoms with van der Waals surface area (Å²) < 4.78 is 21.4. The van der Waals surface area contributed by atoms with Crippen LogP contribution in [0.4, 0.5) is 5.69 Å². The molecule has 2 heterocycles. The van der Waals surface area contributed by atoms with Gasteiger partial charge >= 0.3 is 0 Å². The Bertz CT molecular complexity index is 1110. The van der Waals surface area contributed by atoms with Crippen molar-refractivity contribution in [1.82, 2.24) is 9.80 Å². The third-order valence-electron chi connectivity index (χ3n) is 6.97. The minimum atomic E-state index is -0.0617. The highest BCUT2D eigenvalue weighted by atomic mass is 16.5. The maximum absolute atomic E-state index is 13.4. The van der Waals surface area contributed by atoms with E-state index in [1.165, 1.54) is 0 Å². The molecular formula is C27H35N3O6. The smallest absolute Gasteiger partial charge is 0.254 e. The van der Waals surface area contributed by atoms with E-state index in [1.54, 1.807) is 52.7 Å². The van der Waals surface area contributed by atoms with Crippen molar-refractivity contribution in [2.45, 2.75) is 31.7 Å². The quantitative estimate of drug-likeness (QED) is 0.569. The van der Waals surface area contributed by atoms with Crippen molar-refractivity contribution >= 4 is 17.5 Å². The monoisotopic (exact) mass is 497 g/mol. The number of amides is 2. The summed E-state index contributed by atoms with van der Waals surface area (Å²) in [5.41, 5.74) is 2.34. The zero-order valence-electron chi connectivity index (χ0n) is 21.5. The molecule has 1 unspecified atom stereocenters. The lowest BCUT2D eigenvalue weighted by Crippen LogP contribution is -2.52. The second-order valence-electron chi connectivity index (χ2n) is 9.08. The van der Waals surface area contributed by atoms with Gasteiger partial charge in [-0.2, -0.15) is 0 Å². The van der Waals surface area contributed by atoms with Gasteiger partial charge < -0.3 is 34.1 Å². The third-order valence-corrected chi connectivity index (χ3v) is 6.97. The summed E-state index contributed by atoms with van der Waals surface area (Å²) in [5.74, 6) is 2.37. The third kappa shape index (κ3) is 5.51. The van der Waals surface area contributed by atoms with Crippen LogP contribution in [-0.2, 0) is 11.2 Å². The molecule has 2 amide bonds. The summed E-state index contributed by atoms with van der Waals surface area (Å²) in [6.07, 6.45) is 3.10. The van der Waals surface area contributed by atoms with E-state index in [1.807, 2.05) is 11.0 Å². The molecule has 0 aromatic heterocycles. The first-order chi connectivity index (χ1) is 17.5. The number of hydrogen-bond acceptors (Lipinski definition) is 7. The van der Waals surface area contributed by atoms with Crippen molar-refractivity contribution in [3.63, 3.8) is 0 Å². The SMILES string of the molecule is COc1ccc(NC(=O)CCN2CCCC(N3CCc4cc(OC)c(OC)cc4C3=O)C2)cc1OC. The first kappa shape index (κ1) is 25.6. The normalized spacial score (nSPS) is 17.8. The van der Waals surface area contributed by atoms with Gasteiger partial charge in [-0.25, -0.2) is 0 Å². The van der Waals surface area contributed by atoms with E-state index in [0.29, 0.717) is 53.8 Å². The average molecular weight is 498 g/mol. The summed E-state index contributed by atoms with van der Waals surface area (Å²) >= 11 is 0. The largest absolute Gasteiger partial charge is 0.493 e. The molecule has 2 aromatic carbocycles. The molecule has 0 bridgehead atoms. The number of benzene rings is 2. The molecule has 2 aliphatic rings. The van der Waals surface area contributed by atoms with Crippen molar-refractivity contribution in [3.05, 3.63) is 41.5 Å². The molecule has 0 radical (unpaired) electrons. The Morgan fingerprint density at radius 2 is 1.64 bits per heavy atom. The molecule has 1 atom stereocenters. The van der Waals surface area contributed by atoms with E-state index < -0.39 is 0 Å². The van der Waals surface area contributed by atoms with Crippen LogP contribution in [0.25, 0.3) is 0 Å². The lowest BCUT2D eigenvalue weighted by atomic mass is 9.94. The van der Waals surface area contributed by atoms with Crippen molar-refractivity contribution in [1.29, 1.82) is 0 Å². The van der Waals surface area contributed by atoms with Crippen molar-refractivity contribution in [2.24, 2.45) is 0 Å². The second-order valence-corrected chi connectivity index (χ2v) is 9.08. The topological polar surface area (TPSA) is 89.6 Å². The number of ether oxygens (including phenoxy) is 4. The minimum absolute atomic E-state index is 0.0373. The summed E-state index contributed by atoms with van der Waals surface area (Å²) in [6, 6.07) is 9.14. The van der Waals surface area contributed by atoms with Crippen LogP contribution >= 0.6 is 0 Å². The summed E-state index contributed by atoms with van der Waals surface area (Å²) in [4.78, 5) is 30.3. The van der Waals surface area contributed by atoms with Gasteiger partial charge in [0.1, 0.15) is 0 Å². The van der Waals surface area contributed by atoms with E-state index in [0.717, 1.165) is 37.9 Å². The van der Waals surface area contributed by atoms with Crippen LogP contribution in [0.5, 0.6) is 23.0 Å². The van der Waals surface area contributed by atoms with E-state index in [2.05, 4.69) is 10.2 Å². The molecule has 36 heavy (non-hydrogen) atoms. The molecular weight excluding hydrogens is 462 g/mol. The summed E-state index contributed by atoms with van der Waals surface area (Å²) in [5, 5.41) is 2.93. The predicted octanol–water partition coefficient (Wildman–Crippen LogP) is 3.21. The first-order valence-corrected chi connectivity index (χ1v) is 12.3. The Kier molecular flexibility index (Phi) is 8.20. The first-order valence-electron chi connectivity index (χ1n) is 12.3. The number of nitrogens with one attached hydrogen (secondary N) is 1. The highest BCUT2D eigenvalue weighted by Gasteiger charge is 2.33. The number of rotatable bonds is 9. The number of nitrogens with zero attached hydrogens (tertiary/aromatic N) is 2. The van der Waals surface area contributed by atoms with Crippen LogP contribution < -0.4 is 24.3 Å². The number of anilines is 1. The fraction of sp³-hybridized carbons (Fsp3) is 0.481. The fourth-order valence-electron chi connectivity index (χ4n) is 5.06. The standard InChI is InChI=1S/C27H35N3O6/c1-33-22-8-7-19(15-24(22)35-3)28-26(31)10-12-29-11-5-6-20(17-29)30-13-9-18-14-23(34-2)25(36-4)16-21(18)27(30)32/h7-8,14-16,20H,5-6,9-13,17H2,1-4H3,(H,28,31). The van der Waals surface area contributed by atoms with Crippen LogP contribution in [0.1, 0.15) is 35.2 Å². The van der Waals surface area contributed by atoms with Gasteiger partial charge in [0.05, 0.1) is 28.4 Å². The zero-order chi connectivity index (χ0) is 25.7. The number of piperidine rings is 1. The van der Waals surface area contributed by atoms with Crippen LogP contribution in [-0.4, -0.2) is 82.3 Å². The summed E-state index contributed by atoms with van der Waals surface area (Å²) in [6.45, 7) is 3.00. The molecule has 4 rings (SSSR count). The minimum Gasteiger partial charge on any atom is -0.493 e. The Labute approximate surface area is 212 Å². The van der Waals surface area contributed by atoms with Crippen molar-refractivity contribution in [2.75, 3.05) is 59.9 Å². The lowest BCUT2D eigenvalue weighted by molar-refractivity contribution is -0.116. The fourth-order valence-corrected chi connectivity index (χ4v) is 5.06. The molecule has 1 saturated heterocycles. The van der Waals surface area contributed by atoms with Crippen LogP contribution in [0.2, 0.25) is 0 Å². The van der Waals surface area contributed by atoms with Gasteiger partial charge in [-0.3, -0.25) is 9.59 Å². The molecule has 9 nitrogen and oxygen atoms in total. The molecule has 0 saturated carbocycles. The Morgan fingerprint density at radius 1 is 0.944 bits per heavy atom. The molecule has 1 N–H and O–H groups in total. The van der Waals surface area contributed by atoms with Crippen molar-refractivity contribution < 1.29 is 28.5 Å². The molecule has 194 valence electrons. The number of carbonyl (C=O) groups excluding carboxylic acids is 2. The molecule has 9 heteroatoms. The molecule has 2 aromatic rings. The van der Waals surface area contributed by atoms with E-state index in [9.17, 15) is 9.59 Å². The molecule has 1 fully saturated rings. The maximum Gasteiger partial charge on any atom is 0.254 e. The van der Waals surface area contributed by atoms with E-state index in [-0.39, 0.29) is 17.9 Å². The number of carbonyl (C=O) groups is 2. The van der Waals surface area contributed by atoms with Gasteiger partial charge in [-0.05, 0) is 55.6 Å². The lowest BCUT2D eigenvalue weighted by Gasteiger charge is -2.41. The average Bonchev–Trinajstić information content (AvgIpc) is 2.91. The highest BCUT2D eigenvalue weighted by molar-refractivity contribution is 5.97. The van der Waals surface area contributed by atoms with Gasteiger partial charge in [0.25, 0.3) is 5.91 Å². The van der Waals surface area contributed by atoms with Crippen LogP contribution in [0.15, 0.2) is 30.3 Å². The van der Waals surface area contributed by atoms with Crippen molar-refractivity contribution in [3.8, 4) is 23.0 Å². The van der Waals surface area contributed by atoms with Gasteiger partial charge in [0.15, 0.2) is 23.0 Å².